The van der Waals surface area contributed by atoms with E-state index in [0.29, 0.717) is 0 Å². The number of hydrogen-bond acceptors (Lipinski definition) is 4. The van der Waals surface area contributed by atoms with Crippen molar-refractivity contribution in [2.24, 2.45) is 0 Å². The third-order valence-corrected chi connectivity index (χ3v) is 11.7. The monoisotopic (exact) mass is 627 g/mol. The van der Waals surface area contributed by atoms with E-state index in [2.05, 4.69) is 73.3 Å². The van der Waals surface area contributed by atoms with E-state index in [1.54, 1.807) is 0 Å². The first kappa shape index (κ1) is 29.6. The number of fused-ring (bicyclic) bond motifs is 8. The van der Waals surface area contributed by atoms with E-state index < -0.39 is 5.41 Å². The first-order valence-corrected chi connectivity index (χ1v) is 17.0. The number of nitrogens with one attached hydrogen (secondary N) is 1. The second-order valence-corrected chi connectivity index (χ2v) is 13.9. The lowest BCUT2D eigenvalue weighted by Gasteiger charge is -2.42. The number of aryl methyl sites for hydroxylation is 2. The van der Waals surface area contributed by atoms with Crippen LogP contribution in [-0.4, -0.2) is 33.2 Å². The van der Waals surface area contributed by atoms with E-state index in [-0.39, 0.29) is 0 Å². The fourth-order valence-corrected chi connectivity index (χ4v) is 9.03. The molecule has 0 bridgehead atoms. The molecule has 0 fully saturated rings. The summed E-state index contributed by atoms with van der Waals surface area (Å²) in [7, 11) is 1.95. The van der Waals surface area contributed by atoms with Crippen molar-refractivity contribution in [2.75, 3.05) is 43.0 Å². The molecule has 3 aromatic carbocycles. The molecule has 0 saturated heterocycles. The SMILES string of the molecule is C=C(CCCN1CCCc2cc3c(cc21)Oc1cc2c(cc1C31CC(=C)c3c(Cl)c(C)c(C)c(Cl)c31)CCCN2CC)NC. The van der Waals surface area contributed by atoms with Gasteiger partial charge in [0.25, 0.3) is 0 Å². The van der Waals surface area contributed by atoms with Gasteiger partial charge in [0.05, 0.1) is 10.4 Å². The molecule has 6 heteroatoms. The number of anilines is 2. The Labute approximate surface area is 272 Å². The number of ether oxygens (including phenoxy) is 1. The zero-order valence-electron chi connectivity index (χ0n) is 26.6. The number of rotatable bonds is 6. The minimum atomic E-state index is -0.514. The number of allylic oxidation sites excluding steroid dienone is 2. The summed E-state index contributed by atoms with van der Waals surface area (Å²) in [4.78, 5) is 5.02. The highest BCUT2D eigenvalue weighted by Crippen LogP contribution is 2.64. The van der Waals surface area contributed by atoms with Crippen LogP contribution in [0.4, 0.5) is 11.4 Å². The smallest absolute Gasteiger partial charge is 0.133 e. The standard InChI is InChI=1S/C38H43Cl2N3O/c1-7-42-14-9-12-26-17-28-32(19-30(26)42)44-33-20-31-27(13-10-16-43(31)15-8-11-23(3)41-6)18-29(33)38(28)21-22(2)34-35(38)37(40)25(5)24(4)36(34)39/h17-20,41H,2-3,7-16,21H2,1,4-6H3. The number of benzene rings is 3. The van der Waals surface area contributed by atoms with Gasteiger partial charge in [-0.1, -0.05) is 36.4 Å². The maximum Gasteiger partial charge on any atom is 0.133 e. The molecule has 1 atom stereocenters. The van der Waals surface area contributed by atoms with E-state index in [1.807, 2.05) is 7.05 Å². The van der Waals surface area contributed by atoms with Crippen molar-refractivity contribution in [3.05, 3.63) is 97.7 Å². The lowest BCUT2D eigenvalue weighted by Crippen LogP contribution is -2.35. The van der Waals surface area contributed by atoms with Crippen LogP contribution in [0.2, 0.25) is 10.0 Å². The van der Waals surface area contributed by atoms with Crippen molar-refractivity contribution in [3.63, 3.8) is 0 Å². The Kier molecular flexibility index (Phi) is 7.45. The van der Waals surface area contributed by atoms with Gasteiger partial charge >= 0.3 is 0 Å². The number of halogens is 2. The molecular weight excluding hydrogens is 585 g/mol. The third kappa shape index (κ3) is 4.31. The minimum Gasteiger partial charge on any atom is -0.457 e. The summed E-state index contributed by atoms with van der Waals surface area (Å²) < 4.78 is 6.99. The molecule has 1 spiro atoms. The number of nitrogens with zero attached hydrogens (tertiary/aromatic N) is 2. The highest BCUT2D eigenvalue weighted by Gasteiger charge is 2.52. The van der Waals surface area contributed by atoms with Crippen molar-refractivity contribution in [1.82, 2.24) is 5.32 Å². The van der Waals surface area contributed by atoms with Crippen molar-refractivity contribution in [1.29, 1.82) is 0 Å². The first-order valence-electron chi connectivity index (χ1n) is 16.2. The van der Waals surface area contributed by atoms with Gasteiger partial charge in [-0.05, 0) is 111 Å². The van der Waals surface area contributed by atoms with Crippen LogP contribution in [0.3, 0.4) is 0 Å². The van der Waals surface area contributed by atoms with Gasteiger partial charge in [0.15, 0.2) is 0 Å². The Balaban J connectivity index is 1.46. The summed E-state index contributed by atoms with van der Waals surface area (Å²) in [6.45, 7) is 19.3. The van der Waals surface area contributed by atoms with Gasteiger partial charge in [-0.3, -0.25) is 0 Å². The molecule has 3 aromatic rings. The molecule has 1 N–H and O–H groups in total. The largest absolute Gasteiger partial charge is 0.457 e. The van der Waals surface area contributed by atoms with Gasteiger partial charge in [0, 0.05) is 84.1 Å². The normalized spacial score (nSPS) is 19.6. The van der Waals surface area contributed by atoms with Crippen LogP contribution in [0, 0.1) is 13.8 Å². The predicted octanol–water partition coefficient (Wildman–Crippen LogP) is 9.51. The lowest BCUT2D eigenvalue weighted by atomic mass is 9.66. The molecule has 1 aliphatic carbocycles. The molecule has 1 unspecified atom stereocenters. The van der Waals surface area contributed by atoms with Crippen LogP contribution in [0.1, 0.15) is 83.5 Å². The third-order valence-electron chi connectivity index (χ3n) is 10.7. The average Bonchev–Trinajstić information content (AvgIpc) is 3.34. The van der Waals surface area contributed by atoms with Crippen LogP contribution in [0.15, 0.2) is 43.1 Å². The minimum absolute atomic E-state index is 0.514. The average molecular weight is 629 g/mol. The Morgan fingerprint density at radius 3 is 2.14 bits per heavy atom. The zero-order valence-corrected chi connectivity index (χ0v) is 28.1. The lowest BCUT2D eigenvalue weighted by molar-refractivity contribution is 0.421. The predicted molar refractivity (Wildman–Crippen MR) is 187 cm³/mol. The Bertz CT molecular complexity index is 1730. The summed E-state index contributed by atoms with van der Waals surface area (Å²) >= 11 is 14.6. The van der Waals surface area contributed by atoms with Gasteiger partial charge in [-0.25, -0.2) is 0 Å². The molecule has 3 aliphatic heterocycles. The van der Waals surface area contributed by atoms with E-state index >= 15 is 0 Å². The number of hydrogen-bond donors (Lipinski definition) is 1. The quantitative estimate of drug-likeness (QED) is 0.294. The van der Waals surface area contributed by atoms with Gasteiger partial charge in [0.1, 0.15) is 11.5 Å². The van der Waals surface area contributed by atoms with Gasteiger partial charge in [0.2, 0.25) is 0 Å². The van der Waals surface area contributed by atoms with E-state index in [0.717, 1.165) is 126 Å². The molecule has 3 heterocycles. The fourth-order valence-electron chi connectivity index (χ4n) is 8.26. The van der Waals surface area contributed by atoms with Crippen LogP contribution in [0.5, 0.6) is 11.5 Å². The van der Waals surface area contributed by atoms with Crippen molar-refractivity contribution < 1.29 is 4.74 Å². The van der Waals surface area contributed by atoms with Gasteiger partial charge < -0.3 is 19.9 Å². The van der Waals surface area contributed by atoms with Crippen LogP contribution >= 0.6 is 23.2 Å². The Hall–Kier alpha value is -3.08. The van der Waals surface area contributed by atoms with Crippen molar-refractivity contribution >= 4 is 40.1 Å². The van der Waals surface area contributed by atoms with Gasteiger partial charge in [-0.2, -0.15) is 0 Å². The summed E-state index contributed by atoms with van der Waals surface area (Å²) in [5, 5.41) is 4.77. The first-order chi connectivity index (χ1) is 21.2. The summed E-state index contributed by atoms with van der Waals surface area (Å²) in [5.41, 5.74) is 13.6. The second-order valence-electron chi connectivity index (χ2n) is 13.1. The Morgan fingerprint density at radius 2 is 1.52 bits per heavy atom. The highest BCUT2D eigenvalue weighted by molar-refractivity contribution is 6.37. The summed E-state index contributed by atoms with van der Waals surface area (Å²) in [6, 6.07) is 9.48. The molecule has 0 radical (unpaired) electrons. The van der Waals surface area contributed by atoms with E-state index in [4.69, 9.17) is 27.9 Å². The van der Waals surface area contributed by atoms with Crippen molar-refractivity contribution in [3.8, 4) is 11.5 Å². The second kappa shape index (κ2) is 11.1. The molecular formula is C38H43Cl2N3O. The molecule has 7 rings (SSSR count). The maximum absolute atomic E-state index is 7.42. The molecule has 0 amide bonds. The molecule has 0 saturated carbocycles. The maximum atomic E-state index is 7.42. The van der Waals surface area contributed by atoms with Crippen LogP contribution in [-0.2, 0) is 18.3 Å². The molecule has 4 nitrogen and oxygen atoms in total. The van der Waals surface area contributed by atoms with E-state index in [1.165, 1.54) is 33.6 Å². The Morgan fingerprint density at radius 1 is 0.932 bits per heavy atom. The van der Waals surface area contributed by atoms with Crippen LogP contribution in [0.25, 0.3) is 5.57 Å². The van der Waals surface area contributed by atoms with Crippen LogP contribution < -0.4 is 19.9 Å². The highest BCUT2D eigenvalue weighted by atomic mass is 35.5. The summed E-state index contributed by atoms with van der Waals surface area (Å²) in [6.07, 6.45) is 7.17. The van der Waals surface area contributed by atoms with Crippen molar-refractivity contribution in [2.45, 2.75) is 71.1 Å². The zero-order chi connectivity index (χ0) is 30.9. The summed E-state index contributed by atoms with van der Waals surface area (Å²) in [5.74, 6) is 1.85. The molecule has 44 heavy (non-hydrogen) atoms. The molecule has 4 aliphatic rings. The van der Waals surface area contributed by atoms with E-state index in [9.17, 15) is 0 Å². The molecule has 230 valence electrons. The molecule has 0 aromatic heterocycles. The topological polar surface area (TPSA) is 27.7 Å². The fraction of sp³-hybridized carbons (Fsp3) is 0.421. The van der Waals surface area contributed by atoms with Gasteiger partial charge in [-0.15, -0.1) is 0 Å².